The molecule has 0 unspecified atom stereocenters. The third-order valence-electron chi connectivity index (χ3n) is 6.17. The topological polar surface area (TPSA) is 26.0 Å². The van der Waals surface area contributed by atoms with Crippen LogP contribution >= 0.6 is 0 Å². The SMILES string of the molecule is Cc1ccc2c3c1oc1cccc(c13)-c1nc3ccccc3cc1C2(C)C. The van der Waals surface area contributed by atoms with E-state index in [2.05, 4.69) is 81.4 Å². The molecule has 0 aliphatic heterocycles. The van der Waals surface area contributed by atoms with Gasteiger partial charge in [0.1, 0.15) is 11.2 Å². The van der Waals surface area contributed by atoms with E-state index in [0.29, 0.717) is 0 Å². The molecule has 0 spiro atoms. The van der Waals surface area contributed by atoms with Gasteiger partial charge in [0.25, 0.3) is 0 Å². The van der Waals surface area contributed by atoms with Crippen LogP contribution in [0, 0.1) is 6.92 Å². The highest BCUT2D eigenvalue weighted by atomic mass is 16.3. The summed E-state index contributed by atoms with van der Waals surface area (Å²) in [7, 11) is 0. The Labute approximate surface area is 157 Å². The second-order valence-corrected chi connectivity index (χ2v) is 8.12. The number of rotatable bonds is 0. The van der Waals surface area contributed by atoms with Crippen LogP contribution in [0.15, 0.2) is 65.1 Å². The van der Waals surface area contributed by atoms with Gasteiger partial charge in [0.15, 0.2) is 0 Å². The van der Waals surface area contributed by atoms with E-state index in [0.717, 1.165) is 22.4 Å². The number of para-hydroxylation sites is 1. The van der Waals surface area contributed by atoms with Crippen molar-refractivity contribution in [2.75, 3.05) is 0 Å². The molecule has 3 aromatic carbocycles. The molecule has 0 N–H and O–H groups in total. The summed E-state index contributed by atoms with van der Waals surface area (Å²) < 4.78 is 6.31. The molecular formula is C25H19NO. The van der Waals surface area contributed by atoms with E-state index in [-0.39, 0.29) is 5.41 Å². The van der Waals surface area contributed by atoms with E-state index in [1.807, 2.05) is 0 Å². The van der Waals surface area contributed by atoms with Crippen molar-refractivity contribution >= 4 is 32.8 Å². The van der Waals surface area contributed by atoms with Crippen LogP contribution in [-0.4, -0.2) is 4.98 Å². The van der Waals surface area contributed by atoms with E-state index in [1.54, 1.807) is 0 Å². The molecule has 0 bridgehead atoms. The average molecular weight is 349 g/mol. The van der Waals surface area contributed by atoms with Crippen LogP contribution in [0.5, 0.6) is 0 Å². The van der Waals surface area contributed by atoms with E-state index >= 15 is 0 Å². The van der Waals surface area contributed by atoms with Crippen molar-refractivity contribution in [3.8, 4) is 11.3 Å². The molecular weight excluding hydrogens is 330 g/mol. The van der Waals surface area contributed by atoms with Gasteiger partial charge in [-0.2, -0.15) is 0 Å². The number of benzene rings is 3. The van der Waals surface area contributed by atoms with Crippen LogP contribution in [0.2, 0.25) is 0 Å². The molecule has 0 amide bonds. The molecule has 2 aromatic heterocycles. The zero-order chi connectivity index (χ0) is 18.3. The lowest BCUT2D eigenvalue weighted by molar-refractivity contribution is 0.641. The van der Waals surface area contributed by atoms with Crippen molar-refractivity contribution in [2.45, 2.75) is 26.2 Å². The third kappa shape index (κ3) is 1.78. The average Bonchev–Trinajstić information content (AvgIpc) is 3.04. The molecule has 130 valence electrons. The summed E-state index contributed by atoms with van der Waals surface area (Å²) >= 11 is 0. The number of hydrogen-bond donors (Lipinski definition) is 0. The van der Waals surface area contributed by atoms with Crippen LogP contribution in [0.4, 0.5) is 0 Å². The number of pyridine rings is 1. The van der Waals surface area contributed by atoms with Gasteiger partial charge in [-0.05, 0) is 41.8 Å². The number of aryl methyl sites for hydroxylation is 1. The van der Waals surface area contributed by atoms with E-state index in [1.165, 1.54) is 38.4 Å². The molecule has 0 radical (unpaired) electrons. The highest BCUT2D eigenvalue weighted by Gasteiger charge is 2.35. The molecule has 2 heterocycles. The number of nitrogens with zero attached hydrogens (tertiary/aromatic N) is 1. The van der Waals surface area contributed by atoms with Gasteiger partial charge in [0.05, 0.1) is 11.2 Å². The molecule has 5 aromatic rings. The molecule has 1 aliphatic rings. The Balaban J connectivity index is 1.92. The predicted molar refractivity (Wildman–Crippen MR) is 111 cm³/mol. The fourth-order valence-corrected chi connectivity index (χ4v) is 4.71. The van der Waals surface area contributed by atoms with E-state index in [9.17, 15) is 0 Å². The van der Waals surface area contributed by atoms with E-state index in [4.69, 9.17) is 9.40 Å². The van der Waals surface area contributed by atoms with Crippen molar-refractivity contribution in [1.29, 1.82) is 0 Å². The normalized spacial score (nSPS) is 14.8. The lowest BCUT2D eigenvalue weighted by Gasteiger charge is -2.28. The Morgan fingerprint density at radius 3 is 2.59 bits per heavy atom. The Morgan fingerprint density at radius 1 is 0.852 bits per heavy atom. The smallest absolute Gasteiger partial charge is 0.138 e. The molecule has 0 saturated carbocycles. The summed E-state index contributed by atoms with van der Waals surface area (Å²) in [6, 6.07) is 21.5. The Bertz CT molecular complexity index is 1400. The van der Waals surface area contributed by atoms with Crippen LogP contribution in [0.1, 0.15) is 30.5 Å². The quantitative estimate of drug-likeness (QED) is 0.309. The van der Waals surface area contributed by atoms with Crippen molar-refractivity contribution in [1.82, 2.24) is 4.98 Å². The zero-order valence-electron chi connectivity index (χ0n) is 15.6. The Hall–Kier alpha value is -3.13. The maximum atomic E-state index is 6.31. The number of aromatic nitrogens is 1. The van der Waals surface area contributed by atoms with Gasteiger partial charge in [0.2, 0.25) is 0 Å². The fraction of sp³-hybridized carbons (Fsp3) is 0.160. The van der Waals surface area contributed by atoms with E-state index < -0.39 is 0 Å². The fourth-order valence-electron chi connectivity index (χ4n) is 4.71. The Morgan fingerprint density at radius 2 is 1.70 bits per heavy atom. The minimum atomic E-state index is -0.172. The highest BCUT2D eigenvalue weighted by molar-refractivity contribution is 6.16. The Kier molecular flexibility index (Phi) is 2.65. The summed E-state index contributed by atoms with van der Waals surface area (Å²) in [5.41, 5.74) is 8.80. The number of furan rings is 1. The first-order chi connectivity index (χ1) is 13.1. The van der Waals surface area contributed by atoms with Gasteiger partial charge in [-0.25, -0.2) is 4.98 Å². The molecule has 0 fully saturated rings. The van der Waals surface area contributed by atoms with Crippen LogP contribution in [-0.2, 0) is 5.41 Å². The first-order valence-electron chi connectivity index (χ1n) is 9.41. The summed E-state index contributed by atoms with van der Waals surface area (Å²) in [6.45, 7) is 6.73. The van der Waals surface area contributed by atoms with Gasteiger partial charge >= 0.3 is 0 Å². The van der Waals surface area contributed by atoms with Gasteiger partial charge in [-0.3, -0.25) is 0 Å². The van der Waals surface area contributed by atoms with Gasteiger partial charge in [0, 0.05) is 27.1 Å². The minimum absolute atomic E-state index is 0.172. The maximum absolute atomic E-state index is 6.31. The lowest BCUT2D eigenvalue weighted by Crippen LogP contribution is -2.20. The predicted octanol–water partition coefficient (Wildman–Crippen LogP) is 6.75. The number of hydrogen-bond acceptors (Lipinski definition) is 2. The summed E-state index contributed by atoms with van der Waals surface area (Å²) in [5, 5.41) is 3.62. The molecule has 0 saturated heterocycles. The zero-order valence-corrected chi connectivity index (χ0v) is 15.6. The standard InChI is InChI=1S/C25H19NO/c1-14-11-12-17-22-21-16(8-6-10-20(21)27-24(14)22)23-18(25(17,2)3)13-15-7-4-5-9-19(15)26-23/h4-13H,1-3H3. The van der Waals surface area contributed by atoms with Crippen molar-refractivity contribution in [2.24, 2.45) is 0 Å². The minimum Gasteiger partial charge on any atom is -0.456 e. The summed E-state index contributed by atoms with van der Waals surface area (Å²) in [6.07, 6.45) is 0. The molecule has 0 atom stereocenters. The monoisotopic (exact) mass is 349 g/mol. The van der Waals surface area contributed by atoms with Crippen molar-refractivity contribution in [3.63, 3.8) is 0 Å². The number of fused-ring (bicyclic) bond motifs is 3. The third-order valence-corrected chi connectivity index (χ3v) is 6.17. The van der Waals surface area contributed by atoms with Crippen LogP contribution in [0.25, 0.3) is 44.1 Å². The molecule has 27 heavy (non-hydrogen) atoms. The molecule has 6 rings (SSSR count). The van der Waals surface area contributed by atoms with Gasteiger partial charge < -0.3 is 4.42 Å². The second kappa shape index (κ2) is 4.77. The summed E-state index contributed by atoms with van der Waals surface area (Å²) in [4.78, 5) is 5.13. The van der Waals surface area contributed by atoms with Crippen LogP contribution in [0.3, 0.4) is 0 Å². The lowest BCUT2D eigenvalue weighted by atomic mass is 9.76. The highest BCUT2D eigenvalue weighted by Crippen LogP contribution is 2.50. The first-order valence-corrected chi connectivity index (χ1v) is 9.41. The largest absolute Gasteiger partial charge is 0.456 e. The molecule has 1 aliphatic carbocycles. The second-order valence-electron chi connectivity index (χ2n) is 8.12. The van der Waals surface area contributed by atoms with Crippen LogP contribution < -0.4 is 0 Å². The maximum Gasteiger partial charge on any atom is 0.138 e. The first kappa shape index (κ1) is 15.0. The molecule has 2 nitrogen and oxygen atoms in total. The summed E-state index contributed by atoms with van der Waals surface area (Å²) in [5.74, 6) is 0. The van der Waals surface area contributed by atoms with Gasteiger partial charge in [-0.1, -0.05) is 56.3 Å². The van der Waals surface area contributed by atoms with Gasteiger partial charge in [-0.15, -0.1) is 0 Å². The molecule has 2 heteroatoms. The van der Waals surface area contributed by atoms with Crippen molar-refractivity contribution < 1.29 is 4.42 Å². The van der Waals surface area contributed by atoms with Crippen molar-refractivity contribution in [3.05, 3.63) is 77.4 Å².